The number of amides is 2. The summed E-state index contributed by atoms with van der Waals surface area (Å²) in [6, 6.07) is 6.62. The molecule has 11 heteroatoms. The van der Waals surface area contributed by atoms with Crippen LogP contribution in [0.25, 0.3) is 0 Å². The Kier molecular flexibility index (Phi) is 6.79. The fourth-order valence-corrected chi connectivity index (χ4v) is 5.85. The molecule has 2 aromatic rings. The molecule has 0 saturated heterocycles. The molecule has 3 aliphatic carbocycles. The minimum Gasteiger partial charge on any atom is -0.497 e. The standard InChI is InChI=1S/C24H28N4O5S2/c1-33-18-9-7-17(8-10-18)28(35(31)32)27-16-6-11-20-19(12-16)21(23(30)25-13-14-2-3-14)24(34-20)26-22(29)15-4-5-15/h7-10,14-15,35H,2-6,11-13H2,1H3,(H,25,30)(H,26,29). The molecule has 35 heavy (non-hydrogen) atoms. The largest absolute Gasteiger partial charge is 0.497 e. The van der Waals surface area contributed by atoms with E-state index in [9.17, 15) is 18.0 Å². The van der Waals surface area contributed by atoms with Gasteiger partial charge in [0.05, 0.1) is 18.4 Å². The average molecular weight is 517 g/mol. The third-order valence-corrected chi connectivity index (χ3v) is 8.30. The highest BCUT2D eigenvalue weighted by Crippen LogP contribution is 2.40. The number of thiophene rings is 1. The van der Waals surface area contributed by atoms with Gasteiger partial charge in [-0.25, -0.2) is 8.42 Å². The number of benzene rings is 1. The normalized spacial score (nSPS) is 18.3. The molecule has 0 spiro atoms. The molecule has 0 bridgehead atoms. The zero-order valence-electron chi connectivity index (χ0n) is 19.4. The molecule has 2 amide bonds. The molecule has 0 unspecified atom stereocenters. The Morgan fingerprint density at radius 2 is 1.89 bits per heavy atom. The summed E-state index contributed by atoms with van der Waals surface area (Å²) in [7, 11) is -1.47. The highest BCUT2D eigenvalue weighted by molar-refractivity contribution is 7.74. The fourth-order valence-electron chi connectivity index (χ4n) is 4.11. The van der Waals surface area contributed by atoms with Crippen LogP contribution in [0.1, 0.15) is 52.9 Å². The van der Waals surface area contributed by atoms with Gasteiger partial charge in [-0.1, -0.05) is 0 Å². The number of ether oxygens (including phenoxy) is 1. The van der Waals surface area contributed by atoms with E-state index in [4.69, 9.17) is 4.74 Å². The van der Waals surface area contributed by atoms with E-state index in [1.807, 2.05) is 0 Å². The van der Waals surface area contributed by atoms with Crippen LogP contribution in [0, 0.1) is 11.8 Å². The Bertz CT molecular complexity index is 1240. The number of rotatable bonds is 9. The van der Waals surface area contributed by atoms with E-state index >= 15 is 0 Å². The molecule has 0 atom stereocenters. The first-order valence-electron chi connectivity index (χ1n) is 11.8. The first kappa shape index (κ1) is 23.8. The Balaban J connectivity index is 1.43. The van der Waals surface area contributed by atoms with Crippen molar-refractivity contribution in [2.45, 2.75) is 44.9 Å². The van der Waals surface area contributed by atoms with Crippen molar-refractivity contribution in [3.63, 3.8) is 0 Å². The van der Waals surface area contributed by atoms with Gasteiger partial charge in [0.1, 0.15) is 10.8 Å². The second-order valence-electron chi connectivity index (χ2n) is 9.19. The van der Waals surface area contributed by atoms with Gasteiger partial charge in [-0.05, 0) is 74.3 Å². The zero-order chi connectivity index (χ0) is 24.5. The molecule has 186 valence electrons. The minimum absolute atomic E-state index is 0.0278. The molecule has 0 radical (unpaired) electrons. The fraction of sp³-hybridized carbons (Fsp3) is 0.458. The topological polar surface area (TPSA) is 117 Å². The number of hydrogen-bond acceptors (Lipinski definition) is 7. The van der Waals surface area contributed by atoms with Gasteiger partial charge in [0.25, 0.3) is 5.91 Å². The predicted molar refractivity (Wildman–Crippen MR) is 136 cm³/mol. The Morgan fingerprint density at radius 3 is 2.51 bits per heavy atom. The SMILES string of the molecule is COc1ccc(N(N=C2CCc3sc(NC(=O)C4CC4)c(C(=O)NCC4CC4)c3C2)[SH](=O)=O)cc1. The molecular formula is C24H28N4O5S2. The van der Waals surface area contributed by atoms with E-state index in [-0.39, 0.29) is 17.7 Å². The third kappa shape index (κ3) is 5.51. The molecule has 2 fully saturated rings. The smallest absolute Gasteiger partial charge is 0.254 e. The second-order valence-corrected chi connectivity index (χ2v) is 11.2. The molecule has 1 heterocycles. The molecule has 2 saturated carbocycles. The molecule has 1 aromatic heterocycles. The number of nitrogens with zero attached hydrogens (tertiary/aromatic N) is 2. The number of hydrazone groups is 1. The summed E-state index contributed by atoms with van der Waals surface area (Å²) < 4.78 is 30.2. The van der Waals surface area contributed by atoms with Gasteiger partial charge in [0.15, 0.2) is 0 Å². The summed E-state index contributed by atoms with van der Waals surface area (Å²) in [5.74, 6) is 0.943. The molecule has 3 aliphatic rings. The van der Waals surface area contributed by atoms with Crippen LogP contribution in [-0.2, 0) is 28.5 Å². The van der Waals surface area contributed by atoms with Crippen molar-refractivity contribution in [3.05, 3.63) is 40.3 Å². The summed E-state index contributed by atoms with van der Waals surface area (Å²) in [4.78, 5) is 26.7. The lowest BCUT2D eigenvalue weighted by atomic mass is 9.93. The lowest BCUT2D eigenvalue weighted by Crippen LogP contribution is -2.29. The van der Waals surface area contributed by atoms with Gasteiger partial charge in [-0.3, -0.25) is 9.59 Å². The van der Waals surface area contributed by atoms with E-state index < -0.39 is 10.9 Å². The number of carbonyl (C=O) groups is 2. The van der Waals surface area contributed by atoms with Crippen LogP contribution in [0.15, 0.2) is 29.4 Å². The van der Waals surface area contributed by atoms with Crippen molar-refractivity contribution < 1.29 is 22.7 Å². The quantitative estimate of drug-likeness (QED) is 0.350. The number of fused-ring (bicyclic) bond motifs is 1. The number of anilines is 2. The molecule has 5 rings (SSSR count). The van der Waals surface area contributed by atoms with Gasteiger partial charge < -0.3 is 15.4 Å². The Hall–Kier alpha value is -2.92. The summed E-state index contributed by atoms with van der Waals surface area (Å²) in [5.41, 5.74) is 2.40. The summed E-state index contributed by atoms with van der Waals surface area (Å²) in [5, 5.41) is 11.0. The molecular weight excluding hydrogens is 488 g/mol. The number of nitrogens with one attached hydrogen (secondary N) is 2. The van der Waals surface area contributed by atoms with E-state index in [1.165, 1.54) is 11.3 Å². The third-order valence-electron chi connectivity index (χ3n) is 6.47. The van der Waals surface area contributed by atoms with Crippen molar-refractivity contribution in [1.82, 2.24) is 5.32 Å². The first-order chi connectivity index (χ1) is 16.9. The first-order valence-corrected chi connectivity index (χ1v) is 13.8. The van der Waals surface area contributed by atoms with Gasteiger partial charge >= 0.3 is 0 Å². The van der Waals surface area contributed by atoms with Crippen molar-refractivity contribution >= 4 is 50.4 Å². The maximum absolute atomic E-state index is 13.2. The maximum Gasteiger partial charge on any atom is 0.254 e. The Morgan fingerprint density at radius 1 is 1.14 bits per heavy atom. The van der Waals surface area contributed by atoms with Crippen molar-refractivity contribution in [2.75, 3.05) is 23.4 Å². The van der Waals surface area contributed by atoms with E-state index in [0.717, 1.165) is 40.5 Å². The van der Waals surface area contributed by atoms with Crippen LogP contribution in [0.2, 0.25) is 0 Å². The van der Waals surface area contributed by atoms with Crippen LogP contribution in [0.5, 0.6) is 5.75 Å². The summed E-state index contributed by atoms with van der Waals surface area (Å²) in [6.07, 6.45) is 5.57. The van der Waals surface area contributed by atoms with Gasteiger partial charge in [0, 0.05) is 29.5 Å². The van der Waals surface area contributed by atoms with Crippen LogP contribution >= 0.6 is 11.3 Å². The maximum atomic E-state index is 13.2. The molecule has 1 aromatic carbocycles. The van der Waals surface area contributed by atoms with Crippen molar-refractivity contribution in [1.29, 1.82) is 0 Å². The van der Waals surface area contributed by atoms with Crippen LogP contribution in [0.4, 0.5) is 10.7 Å². The second kappa shape index (κ2) is 9.98. The van der Waals surface area contributed by atoms with Crippen LogP contribution in [-0.4, -0.2) is 39.6 Å². The van der Waals surface area contributed by atoms with Crippen LogP contribution in [0.3, 0.4) is 0 Å². The van der Waals surface area contributed by atoms with E-state index in [1.54, 1.807) is 31.4 Å². The lowest BCUT2D eigenvalue weighted by Gasteiger charge is -2.19. The number of thiol groups is 1. The lowest BCUT2D eigenvalue weighted by molar-refractivity contribution is -0.117. The predicted octanol–water partition coefficient (Wildman–Crippen LogP) is 3.12. The van der Waals surface area contributed by atoms with Gasteiger partial charge in [-0.15, -0.1) is 11.3 Å². The summed E-state index contributed by atoms with van der Waals surface area (Å²) in [6.45, 7) is 0.627. The van der Waals surface area contributed by atoms with Crippen molar-refractivity contribution in [2.24, 2.45) is 16.9 Å². The molecule has 2 N–H and O–H groups in total. The summed E-state index contributed by atoms with van der Waals surface area (Å²) >= 11 is 1.45. The number of aryl methyl sites for hydroxylation is 1. The monoisotopic (exact) mass is 516 g/mol. The number of carbonyl (C=O) groups excluding carboxylic acids is 2. The van der Waals surface area contributed by atoms with Gasteiger partial charge in [-0.2, -0.15) is 9.52 Å². The highest BCUT2D eigenvalue weighted by Gasteiger charge is 2.34. The van der Waals surface area contributed by atoms with Crippen molar-refractivity contribution in [3.8, 4) is 5.75 Å². The number of methoxy groups -OCH3 is 1. The molecule has 9 nitrogen and oxygen atoms in total. The minimum atomic E-state index is -3.01. The van der Waals surface area contributed by atoms with Crippen LogP contribution < -0.4 is 19.8 Å². The highest BCUT2D eigenvalue weighted by atomic mass is 32.2. The van der Waals surface area contributed by atoms with E-state index in [2.05, 4.69) is 15.7 Å². The average Bonchev–Trinajstić information content (AvgIpc) is 3.77. The zero-order valence-corrected chi connectivity index (χ0v) is 21.1. The Labute approximate surface area is 209 Å². The molecule has 0 aliphatic heterocycles. The van der Waals surface area contributed by atoms with Gasteiger partial charge in [0.2, 0.25) is 16.8 Å². The van der Waals surface area contributed by atoms with E-state index in [0.29, 0.717) is 59.4 Å². The number of hydrogen-bond donors (Lipinski definition) is 3.